The highest BCUT2D eigenvalue weighted by Crippen LogP contribution is 2.46. The summed E-state index contributed by atoms with van der Waals surface area (Å²) >= 11 is 0. The highest BCUT2D eigenvalue weighted by atomic mass is 19.4. The van der Waals surface area contributed by atoms with Gasteiger partial charge < -0.3 is 9.47 Å². The molecule has 0 aromatic rings. The molecule has 0 aromatic heterocycles. The van der Waals surface area contributed by atoms with Gasteiger partial charge in [0.1, 0.15) is 6.61 Å². The quantitative estimate of drug-likeness (QED) is 0.653. The van der Waals surface area contributed by atoms with Crippen LogP contribution >= 0.6 is 0 Å². The van der Waals surface area contributed by atoms with E-state index >= 15 is 0 Å². The smallest absolute Gasteiger partial charge is 0.337 e. The highest BCUT2D eigenvalue weighted by molar-refractivity contribution is 4.91. The summed E-state index contributed by atoms with van der Waals surface area (Å²) in [5, 5.41) is 0. The molecule has 0 aromatic carbocycles. The van der Waals surface area contributed by atoms with Crippen LogP contribution in [0.1, 0.15) is 32.1 Å². The molecule has 1 aliphatic carbocycles. The summed E-state index contributed by atoms with van der Waals surface area (Å²) in [4.78, 5) is 0. The van der Waals surface area contributed by atoms with Crippen molar-refractivity contribution in [3.63, 3.8) is 0 Å². The van der Waals surface area contributed by atoms with Gasteiger partial charge in [-0.15, -0.1) is 0 Å². The van der Waals surface area contributed by atoms with E-state index in [1.165, 1.54) is 0 Å². The molecule has 14 heavy (non-hydrogen) atoms. The van der Waals surface area contributed by atoms with E-state index in [4.69, 9.17) is 4.74 Å². The lowest BCUT2D eigenvalue weighted by Crippen LogP contribution is -2.39. The topological polar surface area (TPSA) is 21.8 Å². The molecule has 2 nitrogen and oxygen atoms in total. The molecule has 0 spiro atoms. The van der Waals surface area contributed by atoms with Crippen molar-refractivity contribution in [2.24, 2.45) is 0 Å². The fraction of sp³-hybridized carbons (Fsp3) is 1.00. The Bertz CT molecular complexity index is 205. The third-order valence-electron chi connectivity index (χ3n) is 2.75. The first-order chi connectivity index (χ1) is 6.54. The van der Waals surface area contributed by atoms with Crippen molar-refractivity contribution in [1.29, 1.82) is 0 Å². The monoisotopic (exact) mass is 210 g/mol. The van der Waals surface area contributed by atoms with E-state index in [0.29, 0.717) is 0 Å². The van der Waals surface area contributed by atoms with Gasteiger partial charge >= 0.3 is 6.18 Å². The van der Waals surface area contributed by atoms with Gasteiger partial charge in [-0.2, -0.15) is 13.2 Å². The van der Waals surface area contributed by atoms with Gasteiger partial charge in [-0.3, -0.25) is 0 Å². The first kappa shape index (κ1) is 10.2. The number of epoxide rings is 1. The van der Waals surface area contributed by atoms with Gasteiger partial charge in [0, 0.05) is 0 Å². The van der Waals surface area contributed by atoms with Crippen LogP contribution in [-0.4, -0.2) is 24.7 Å². The molecule has 2 rings (SSSR count). The van der Waals surface area contributed by atoms with Crippen molar-refractivity contribution in [3.8, 4) is 0 Å². The molecular formula is C9H13F3O2. The van der Waals surface area contributed by atoms with E-state index in [1.807, 2.05) is 0 Å². The van der Waals surface area contributed by atoms with E-state index < -0.39 is 12.0 Å². The summed E-state index contributed by atoms with van der Waals surface area (Å²) in [5.41, 5.74) is 0. The van der Waals surface area contributed by atoms with Gasteiger partial charge in [-0.1, -0.05) is 19.3 Å². The Morgan fingerprint density at radius 3 is 2.14 bits per heavy atom. The number of halogens is 3. The average Bonchev–Trinajstić information content (AvgIpc) is 2.86. The molecule has 0 amide bonds. The average molecular weight is 210 g/mol. The van der Waals surface area contributed by atoms with Crippen LogP contribution in [0.15, 0.2) is 0 Å². The Kier molecular flexibility index (Phi) is 2.47. The van der Waals surface area contributed by atoms with Crippen LogP contribution in [-0.2, 0) is 9.47 Å². The minimum Gasteiger partial charge on any atom is -0.337 e. The van der Waals surface area contributed by atoms with Gasteiger partial charge in [0.2, 0.25) is 0 Å². The number of alkyl halides is 3. The number of ether oxygens (including phenoxy) is 2. The molecule has 2 aliphatic rings. The molecule has 5 heteroatoms. The van der Waals surface area contributed by atoms with Crippen molar-refractivity contribution in [1.82, 2.24) is 0 Å². The van der Waals surface area contributed by atoms with Crippen LogP contribution in [0.4, 0.5) is 13.2 Å². The maximum atomic E-state index is 12.4. The fourth-order valence-corrected chi connectivity index (χ4v) is 1.82. The Morgan fingerprint density at radius 2 is 1.71 bits per heavy atom. The fourth-order valence-electron chi connectivity index (χ4n) is 1.82. The third kappa shape index (κ3) is 1.88. The maximum absolute atomic E-state index is 12.4. The summed E-state index contributed by atoms with van der Waals surface area (Å²) in [6, 6.07) is 0. The molecule has 0 bridgehead atoms. The molecule has 2 fully saturated rings. The molecule has 1 unspecified atom stereocenters. The standard InChI is InChI=1S/C9H13F3O2/c10-9(11,12)8(6-13-8)14-7-4-2-1-3-5-7/h7H,1-6H2. The molecule has 82 valence electrons. The minimum absolute atomic E-state index is 0.270. The molecule has 1 aliphatic heterocycles. The summed E-state index contributed by atoms with van der Waals surface area (Å²) in [7, 11) is 0. The summed E-state index contributed by atoms with van der Waals surface area (Å²) in [6.07, 6.45) is -0.197. The second kappa shape index (κ2) is 3.38. The Hall–Kier alpha value is -0.290. The lowest BCUT2D eigenvalue weighted by Gasteiger charge is -2.26. The normalized spacial score (nSPS) is 34.5. The molecule has 0 N–H and O–H groups in total. The highest BCUT2D eigenvalue weighted by Gasteiger charge is 2.68. The largest absolute Gasteiger partial charge is 0.445 e. The minimum atomic E-state index is -4.38. The van der Waals surface area contributed by atoms with E-state index in [9.17, 15) is 13.2 Å². The van der Waals surface area contributed by atoms with E-state index in [-0.39, 0.29) is 12.7 Å². The zero-order valence-electron chi connectivity index (χ0n) is 7.77. The zero-order valence-corrected chi connectivity index (χ0v) is 7.77. The molecule has 1 atom stereocenters. The summed E-state index contributed by atoms with van der Waals surface area (Å²) in [5.74, 6) is -2.25. The van der Waals surface area contributed by atoms with Gasteiger partial charge in [-0.25, -0.2) is 0 Å². The van der Waals surface area contributed by atoms with Crippen molar-refractivity contribution in [2.75, 3.05) is 6.61 Å². The lowest BCUT2D eigenvalue weighted by atomic mass is 9.97. The van der Waals surface area contributed by atoms with Crippen LogP contribution in [0, 0.1) is 0 Å². The van der Waals surface area contributed by atoms with Gasteiger partial charge in [0.05, 0.1) is 6.10 Å². The van der Waals surface area contributed by atoms with Gasteiger partial charge in [0.15, 0.2) is 0 Å². The summed E-state index contributed by atoms with van der Waals surface area (Å²) < 4.78 is 46.6. The van der Waals surface area contributed by atoms with Crippen LogP contribution in [0.3, 0.4) is 0 Å². The molecular weight excluding hydrogens is 197 g/mol. The number of rotatable bonds is 2. The Morgan fingerprint density at radius 1 is 1.14 bits per heavy atom. The van der Waals surface area contributed by atoms with E-state index in [0.717, 1.165) is 32.1 Å². The predicted octanol–water partition coefficient (Wildman–Crippen LogP) is 2.62. The van der Waals surface area contributed by atoms with Crippen molar-refractivity contribution in [2.45, 2.75) is 50.2 Å². The van der Waals surface area contributed by atoms with Crippen molar-refractivity contribution >= 4 is 0 Å². The van der Waals surface area contributed by atoms with Crippen molar-refractivity contribution < 1.29 is 22.6 Å². The third-order valence-corrected chi connectivity index (χ3v) is 2.75. The Balaban J connectivity index is 1.90. The molecule has 0 radical (unpaired) electrons. The van der Waals surface area contributed by atoms with Crippen LogP contribution in [0.2, 0.25) is 0 Å². The van der Waals surface area contributed by atoms with Crippen LogP contribution in [0.5, 0.6) is 0 Å². The van der Waals surface area contributed by atoms with Gasteiger partial charge in [0.25, 0.3) is 5.79 Å². The molecule has 1 saturated carbocycles. The lowest BCUT2D eigenvalue weighted by molar-refractivity contribution is -0.286. The SMILES string of the molecule is FC(F)(F)C1(OC2CCCCC2)CO1. The second-order valence-electron chi connectivity index (χ2n) is 3.92. The number of hydrogen-bond donors (Lipinski definition) is 0. The maximum Gasteiger partial charge on any atom is 0.445 e. The first-order valence-electron chi connectivity index (χ1n) is 4.92. The van der Waals surface area contributed by atoms with Crippen LogP contribution in [0.25, 0.3) is 0 Å². The Labute approximate surface area is 80.4 Å². The molecule has 1 saturated heterocycles. The van der Waals surface area contributed by atoms with Crippen molar-refractivity contribution in [3.05, 3.63) is 0 Å². The second-order valence-corrected chi connectivity index (χ2v) is 3.92. The van der Waals surface area contributed by atoms with E-state index in [2.05, 4.69) is 4.74 Å². The first-order valence-corrected chi connectivity index (χ1v) is 4.92. The predicted molar refractivity (Wildman–Crippen MR) is 42.7 cm³/mol. The zero-order chi connectivity index (χ0) is 10.2. The van der Waals surface area contributed by atoms with Gasteiger partial charge in [-0.05, 0) is 12.8 Å². The number of hydrogen-bond acceptors (Lipinski definition) is 2. The molecule has 1 heterocycles. The van der Waals surface area contributed by atoms with E-state index in [1.54, 1.807) is 0 Å². The van der Waals surface area contributed by atoms with Crippen LogP contribution < -0.4 is 0 Å². The summed E-state index contributed by atoms with van der Waals surface area (Å²) in [6.45, 7) is -0.340.